The predicted octanol–water partition coefficient (Wildman–Crippen LogP) is 4.26. The van der Waals surface area contributed by atoms with Crippen molar-refractivity contribution in [3.63, 3.8) is 0 Å². The van der Waals surface area contributed by atoms with E-state index in [1.807, 2.05) is 0 Å². The number of anilines is 1. The second kappa shape index (κ2) is 7.06. The summed E-state index contributed by atoms with van der Waals surface area (Å²) in [5.74, 6) is 0.408. The third-order valence-electron chi connectivity index (χ3n) is 3.39. The van der Waals surface area contributed by atoms with Gasteiger partial charge in [-0.15, -0.1) is 0 Å². The van der Waals surface area contributed by atoms with E-state index >= 15 is 0 Å². The van der Waals surface area contributed by atoms with Crippen LogP contribution in [0.25, 0.3) is 17.2 Å². The van der Waals surface area contributed by atoms with E-state index in [0.29, 0.717) is 22.5 Å². The lowest BCUT2D eigenvalue weighted by atomic mass is 10.0. The number of hydrogen-bond donors (Lipinski definition) is 0. The van der Waals surface area contributed by atoms with Gasteiger partial charge < -0.3 is 4.90 Å². The molecule has 0 atom stereocenters. The maximum absolute atomic E-state index is 13.0. The lowest BCUT2D eigenvalue weighted by Gasteiger charge is -2.18. The molecule has 0 saturated carbocycles. The van der Waals surface area contributed by atoms with Gasteiger partial charge in [-0.2, -0.15) is 23.7 Å². The largest absolute Gasteiger partial charge is 0.417 e. The highest BCUT2D eigenvalue weighted by atomic mass is 19.4. The predicted molar refractivity (Wildman–Crippen MR) is 88.2 cm³/mol. The Bertz CT molecular complexity index is 867. The first-order valence-electron chi connectivity index (χ1n) is 7.13. The van der Waals surface area contributed by atoms with Crippen LogP contribution in [-0.2, 0) is 6.18 Å². The molecule has 0 unspecified atom stereocenters. The highest BCUT2D eigenvalue weighted by Gasteiger charge is 2.32. The Morgan fingerprint density at radius 3 is 2.20 bits per heavy atom. The minimum Gasteiger partial charge on any atom is -0.362 e. The van der Waals surface area contributed by atoms with Crippen molar-refractivity contribution in [1.82, 2.24) is 4.98 Å². The molecule has 0 spiro atoms. The van der Waals surface area contributed by atoms with E-state index in [2.05, 4.69) is 4.98 Å². The van der Waals surface area contributed by atoms with Crippen LogP contribution in [0.3, 0.4) is 0 Å². The lowest BCUT2D eigenvalue weighted by molar-refractivity contribution is -0.137. The average Bonchev–Trinajstić information content (AvgIpc) is 2.58. The van der Waals surface area contributed by atoms with Crippen molar-refractivity contribution in [2.45, 2.75) is 6.18 Å². The quantitative estimate of drug-likeness (QED) is 0.782. The number of benzene rings is 1. The summed E-state index contributed by atoms with van der Waals surface area (Å²) in [6.45, 7) is 0. The van der Waals surface area contributed by atoms with Crippen LogP contribution in [-0.4, -0.2) is 19.1 Å². The molecule has 0 aliphatic rings. The highest BCUT2D eigenvalue weighted by molar-refractivity contribution is 5.77. The number of hydrogen-bond acceptors (Lipinski definition) is 4. The van der Waals surface area contributed by atoms with Gasteiger partial charge in [-0.1, -0.05) is 24.3 Å². The maximum atomic E-state index is 13.0. The van der Waals surface area contributed by atoms with E-state index in [4.69, 9.17) is 10.5 Å². The summed E-state index contributed by atoms with van der Waals surface area (Å²) in [7, 11) is 3.39. The molecule has 1 aromatic heterocycles. The zero-order valence-corrected chi connectivity index (χ0v) is 13.5. The minimum absolute atomic E-state index is 0.0533. The standard InChI is InChI=1S/C18H13F3N4/c1-25(2)17-16(8-15(11-24-17)18(19,20)21)14-5-3-12(4-6-14)7-13(9-22)10-23/h3-8,11H,1-2H3. The molecular weight excluding hydrogens is 329 g/mol. The van der Waals surface area contributed by atoms with Gasteiger partial charge in [-0.05, 0) is 23.3 Å². The number of allylic oxidation sites excluding steroid dienone is 1. The third-order valence-corrected chi connectivity index (χ3v) is 3.39. The Morgan fingerprint density at radius 2 is 1.72 bits per heavy atom. The Balaban J connectivity index is 2.52. The van der Waals surface area contributed by atoms with Gasteiger partial charge in [0.2, 0.25) is 0 Å². The first-order valence-corrected chi connectivity index (χ1v) is 7.13. The molecule has 0 fully saturated rings. The van der Waals surface area contributed by atoms with Gasteiger partial charge in [0, 0.05) is 25.9 Å². The maximum Gasteiger partial charge on any atom is 0.417 e. The smallest absolute Gasteiger partial charge is 0.362 e. The fourth-order valence-corrected chi connectivity index (χ4v) is 2.20. The molecular formula is C18H13F3N4. The van der Waals surface area contributed by atoms with Gasteiger partial charge in [0.1, 0.15) is 23.5 Å². The van der Waals surface area contributed by atoms with Crippen molar-refractivity contribution in [2.24, 2.45) is 0 Å². The summed E-state index contributed by atoms with van der Waals surface area (Å²) in [5.41, 5.74) is 0.620. The van der Waals surface area contributed by atoms with E-state index in [-0.39, 0.29) is 5.57 Å². The van der Waals surface area contributed by atoms with Crippen molar-refractivity contribution < 1.29 is 13.2 Å². The van der Waals surface area contributed by atoms with Gasteiger partial charge in [0.05, 0.1) is 5.56 Å². The van der Waals surface area contributed by atoms with Crippen LogP contribution >= 0.6 is 0 Å². The molecule has 2 rings (SSSR count). The second-order valence-electron chi connectivity index (χ2n) is 5.39. The zero-order chi connectivity index (χ0) is 18.6. The molecule has 1 aromatic carbocycles. The summed E-state index contributed by atoms with van der Waals surface area (Å²) in [4.78, 5) is 5.56. The summed E-state index contributed by atoms with van der Waals surface area (Å²) < 4.78 is 38.9. The van der Waals surface area contributed by atoms with Gasteiger partial charge >= 0.3 is 6.18 Å². The van der Waals surface area contributed by atoms with Crippen molar-refractivity contribution in [3.05, 3.63) is 53.2 Å². The molecule has 0 N–H and O–H groups in total. The Kier molecular flexibility index (Phi) is 5.09. The van der Waals surface area contributed by atoms with E-state index in [0.717, 1.165) is 12.3 Å². The molecule has 0 radical (unpaired) electrons. The third kappa shape index (κ3) is 4.15. The summed E-state index contributed by atoms with van der Waals surface area (Å²) >= 11 is 0. The molecule has 0 aliphatic carbocycles. The van der Waals surface area contributed by atoms with Gasteiger partial charge in [0.15, 0.2) is 0 Å². The van der Waals surface area contributed by atoms with Gasteiger partial charge in [-0.25, -0.2) is 4.98 Å². The van der Waals surface area contributed by atoms with Crippen LogP contribution < -0.4 is 4.90 Å². The molecule has 1 heterocycles. The molecule has 0 amide bonds. The van der Waals surface area contributed by atoms with Crippen molar-refractivity contribution in [3.8, 4) is 23.3 Å². The highest BCUT2D eigenvalue weighted by Crippen LogP contribution is 2.35. The number of alkyl halides is 3. The van der Waals surface area contributed by atoms with Crippen LogP contribution in [0.15, 0.2) is 42.1 Å². The van der Waals surface area contributed by atoms with E-state index in [1.165, 1.54) is 6.08 Å². The molecule has 25 heavy (non-hydrogen) atoms. The lowest BCUT2D eigenvalue weighted by Crippen LogP contribution is -2.14. The normalized spacial score (nSPS) is 10.5. The monoisotopic (exact) mass is 342 g/mol. The fraction of sp³-hybridized carbons (Fsp3) is 0.167. The molecule has 2 aromatic rings. The first kappa shape index (κ1) is 18.0. The van der Waals surface area contributed by atoms with Crippen LogP contribution in [0.2, 0.25) is 0 Å². The molecule has 0 bridgehead atoms. The van der Waals surface area contributed by atoms with Gasteiger partial charge in [-0.3, -0.25) is 0 Å². The van der Waals surface area contributed by atoms with Crippen molar-refractivity contribution in [2.75, 3.05) is 19.0 Å². The van der Waals surface area contributed by atoms with Crippen LogP contribution in [0, 0.1) is 22.7 Å². The van der Waals surface area contributed by atoms with Crippen LogP contribution in [0.5, 0.6) is 0 Å². The Labute approximate surface area is 143 Å². The van der Waals surface area contributed by atoms with Crippen LogP contribution in [0.1, 0.15) is 11.1 Å². The molecule has 7 heteroatoms. The van der Waals surface area contributed by atoms with E-state index in [9.17, 15) is 13.2 Å². The zero-order valence-electron chi connectivity index (χ0n) is 13.5. The number of aromatic nitrogens is 1. The van der Waals surface area contributed by atoms with Gasteiger partial charge in [0.25, 0.3) is 0 Å². The Hall–Kier alpha value is -3.32. The SMILES string of the molecule is CN(C)c1ncc(C(F)(F)F)cc1-c1ccc(C=C(C#N)C#N)cc1. The molecule has 0 saturated heterocycles. The van der Waals surface area contributed by atoms with E-state index in [1.54, 1.807) is 55.4 Å². The second-order valence-corrected chi connectivity index (χ2v) is 5.39. The van der Waals surface area contributed by atoms with E-state index < -0.39 is 11.7 Å². The minimum atomic E-state index is -4.48. The van der Waals surface area contributed by atoms with Crippen molar-refractivity contribution >= 4 is 11.9 Å². The summed E-state index contributed by atoms with van der Waals surface area (Å²) in [6.07, 6.45) is -2.27. The topological polar surface area (TPSA) is 63.7 Å². The average molecular weight is 342 g/mol. The number of nitrogens with zero attached hydrogens (tertiary/aromatic N) is 4. The van der Waals surface area contributed by atoms with Crippen molar-refractivity contribution in [1.29, 1.82) is 10.5 Å². The summed E-state index contributed by atoms with van der Waals surface area (Å²) in [5, 5.41) is 17.5. The Morgan fingerprint density at radius 1 is 1.12 bits per heavy atom. The first-order chi connectivity index (χ1) is 11.8. The summed E-state index contributed by atoms with van der Waals surface area (Å²) in [6, 6.07) is 11.1. The number of pyridine rings is 1. The number of halogens is 3. The fourth-order valence-electron chi connectivity index (χ4n) is 2.20. The van der Waals surface area contributed by atoms with Crippen LogP contribution in [0.4, 0.5) is 19.0 Å². The number of nitriles is 2. The molecule has 126 valence electrons. The molecule has 4 nitrogen and oxygen atoms in total. The number of rotatable bonds is 3. The molecule has 0 aliphatic heterocycles.